The fraction of sp³-hybridized carbons (Fsp3) is 0.941. The zero-order valence-electron chi connectivity index (χ0n) is 13.5. The van der Waals surface area contributed by atoms with E-state index in [1.807, 2.05) is 0 Å². The van der Waals surface area contributed by atoms with E-state index < -0.39 is 0 Å². The highest BCUT2D eigenvalue weighted by molar-refractivity contribution is 5.81. The minimum absolute atomic E-state index is 0.386. The second-order valence-corrected chi connectivity index (χ2v) is 7.16. The maximum atomic E-state index is 12.1. The number of carbonyl (C=O) groups excluding carboxylic acids is 1. The Morgan fingerprint density at radius 2 is 1.52 bits per heavy atom. The number of rotatable bonds is 5. The molecule has 3 fully saturated rings. The van der Waals surface area contributed by atoms with Crippen molar-refractivity contribution < 1.29 is 4.79 Å². The van der Waals surface area contributed by atoms with Gasteiger partial charge in [-0.15, -0.1) is 0 Å². The van der Waals surface area contributed by atoms with E-state index in [4.69, 9.17) is 0 Å². The molecule has 3 aliphatic rings. The highest BCUT2D eigenvalue weighted by Gasteiger charge is 2.35. The molecule has 3 rings (SSSR count). The van der Waals surface area contributed by atoms with E-state index in [2.05, 4.69) is 22.0 Å². The van der Waals surface area contributed by atoms with Crippen LogP contribution in [0, 0.1) is 5.92 Å². The van der Waals surface area contributed by atoms with Gasteiger partial charge in [0.15, 0.2) is 0 Å². The quantitative estimate of drug-likeness (QED) is 0.840. The van der Waals surface area contributed by atoms with Gasteiger partial charge in [0.2, 0.25) is 5.91 Å². The molecule has 0 atom stereocenters. The van der Waals surface area contributed by atoms with Crippen molar-refractivity contribution in [3.63, 3.8) is 0 Å². The largest absolute Gasteiger partial charge is 0.342 e. The van der Waals surface area contributed by atoms with Gasteiger partial charge >= 0.3 is 0 Å². The zero-order valence-corrected chi connectivity index (χ0v) is 13.5. The number of hydrogen-bond donors (Lipinski definition) is 1. The van der Waals surface area contributed by atoms with Crippen LogP contribution in [-0.2, 0) is 4.79 Å². The molecule has 2 saturated heterocycles. The molecule has 0 bridgehead atoms. The second-order valence-electron chi connectivity index (χ2n) is 7.16. The Hall–Kier alpha value is -0.610. The number of carbonyl (C=O) groups is 1. The van der Waals surface area contributed by atoms with Crippen LogP contribution in [0.1, 0.15) is 51.9 Å². The number of nitrogens with one attached hydrogen (secondary N) is 1. The zero-order chi connectivity index (χ0) is 14.7. The number of amides is 1. The summed E-state index contributed by atoms with van der Waals surface area (Å²) in [6, 6.07) is 1.34. The summed E-state index contributed by atoms with van der Waals surface area (Å²) in [6.45, 7) is 7.98. The monoisotopic (exact) mass is 293 g/mol. The molecule has 0 aromatic carbocycles. The van der Waals surface area contributed by atoms with Gasteiger partial charge in [0.05, 0.1) is 0 Å². The number of hydrogen-bond acceptors (Lipinski definition) is 3. The molecule has 0 aromatic rings. The Balaban J connectivity index is 1.35. The molecule has 1 amide bonds. The van der Waals surface area contributed by atoms with Crippen molar-refractivity contribution in [2.24, 2.45) is 5.92 Å². The maximum Gasteiger partial charge on any atom is 0.225 e. The molecule has 1 saturated carbocycles. The number of piperidine rings is 2. The molecule has 4 heteroatoms. The standard InChI is InChI=1S/C17H31N3O/c1-2-9-19-10-5-15(6-11-19)18-16-7-12-20(13-8-16)17(21)14-3-4-14/h14-16,18H,2-13H2,1H3. The lowest BCUT2D eigenvalue weighted by molar-refractivity contribution is -0.133. The lowest BCUT2D eigenvalue weighted by atomic mass is 9.99. The normalized spacial score (nSPS) is 26.2. The van der Waals surface area contributed by atoms with Crippen molar-refractivity contribution in [3.8, 4) is 0 Å². The van der Waals surface area contributed by atoms with Crippen LogP contribution >= 0.6 is 0 Å². The van der Waals surface area contributed by atoms with E-state index in [0.717, 1.165) is 38.8 Å². The minimum Gasteiger partial charge on any atom is -0.342 e. The van der Waals surface area contributed by atoms with Gasteiger partial charge in [0, 0.05) is 31.1 Å². The number of nitrogens with zero attached hydrogens (tertiary/aromatic N) is 2. The Bertz CT molecular complexity index is 340. The van der Waals surface area contributed by atoms with E-state index >= 15 is 0 Å². The van der Waals surface area contributed by atoms with Crippen molar-refractivity contribution in [2.45, 2.75) is 64.0 Å². The van der Waals surface area contributed by atoms with Crippen LogP contribution in [0.4, 0.5) is 0 Å². The van der Waals surface area contributed by atoms with Gasteiger partial charge in [0.1, 0.15) is 0 Å². The Kier molecular flexibility index (Phi) is 5.17. The Morgan fingerprint density at radius 1 is 0.952 bits per heavy atom. The summed E-state index contributed by atoms with van der Waals surface area (Å²) in [5.74, 6) is 0.818. The third kappa shape index (κ3) is 4.19. The molecule has 1 N–H and O–H groups in total. The summed E-state index contributed by atoms with van der Waals surface area (Å²) in [7, 11) is 0. The van der Waals surface area contributed by atoms with Crippen LogP contribution in [0.3, 0.4) is 0 Å². The van der Waals surface area contributed by atoms with Gasteiger partial charge in [-0.3, -0.25) is 4.79 Å². The third-order valence-corrected chi connectivity index (χ3v) is 5.33. The van der Waals surface area contributed by atoms with Gasteiger partial charge in [0.25, 0.3) is 0 Å². The fourth-order valence-electron chi connectivity index (χ4n) is 3.83. The molecule has 0 aromatic heterocycles. The fourth-order valence-corrected chi connectivity index (χ4v) is 3.83. The summed E-state index contributed by atoms with van der Waals surface area (Å²) in [5, 5.41) is 3.86. The molecular weight excluding hydrogens is 262 g/mol. The predicted molar refractivity (Wildman–Crippen MR) is 85.2 cm³/mol. The van der Waals surface area contributed by atoms with Crippen LogP contribution in [0.2, 0.25) is 0 Å². The molecule has 21 heavy (non-hydrogen) atoms. The summed E-state index contributed by atoms with van der Waals surface area (Å²) in [4.78, 5) is 16.8. The molecule has 2 aliphatic heterocycles. The topological polar surface area (TPSA) is 35.6 Å². The average Bonchev–Trinajstić information content (AvgIpc) is 3.34. The van der Waals surface area contributed by atoms with Gasteiger partial charge < -0.3 is 15.1 Å². The summed E-state index contributed by atoms with van der Waals surface area (Å²) >= 11 is 0. The Labute approximate surface area is 129 Å². The van der Waals surface area contributed by atoms with Crippen molar-refractivity contribution in [3.05, 3.63) is 0 Å². The molecule has 0 radical (unpaired) electrons. The summed E-state index contributed by atoms with van der Waals surface area (Å²) < 4.78 is 0. The summed E-state index contributed by atoms with van der Waals surface area (Å²) in [6.07, 6.45) is 8.41. The summed E-state index contributed by atoms with van der Waals surface area (Å²) in [5.41, 5.74) is 0. The van der Waals surface area contributed by atoms with E-state index in [1.165, 1.54) is 38.9 Å². The van der Waals surface area contributed by atoms with Crippen LogP contribution < -0.4 is 5.32 Å². The third-order valence-electron chi connectivity index (χ3n) is 5.33. The smallest absolute Gasteiger partial charge is 0.225 e. The lowest BCUT2D eigenvalue weighted by Gasteiger charge is -2.38. The molecule has 2 heterocycles. The van der Waals surface area contributed by atoms with E-state index in [9.17, 15) is 4.79 Å². The Morgan fingerprint density at radius 3 is 2.05 bits per heavy atom. The van der Waals surface area contributed by atoms with Crippen molar-refractivity contribution in [1.29, 1.82) is 0 Å². The van der Waals surface area contributed by atoms with Gasteiger partial charge in [-0.2, -0.15) is 0 Å². The van der Waals surface area contributed by atoms with Crippen molar-refractivity contribution >= 4 is 5.91 Å². The van der Waals surface area contributed by atoms with Gasteiger partial charge in [-0.05, 0) is 64.6 Å². The first-order valence-corrected chi connectivity index (χ1v) is 9.03. The van der Waals surface area contributed by atoms with Crippen LogP contribution in [0.5, 0.6) is 0 Å². The number of likely N-dealkylation sites (tertiary alicyclic amines) is 2. The predicted octanol–water partition coefficient (Wildman–Crippen LogP) is 1.85. The molecule has 1 aliphatic carbocycles. The lowest BCUT2D eigenvalue weighted by Crippen LogP contribution is -2.50. The van der Waals surface area contributed by atoms with Crippen LogP contribution in [0.15, 0.2) is 0 Å². The first-order valence-electron chi connectivity index (χ1n) is 9.03. The molecule has 0 spiro atoms. The van der Waals surface area contributed by atoms with Crippen LogP contribution in [0.25, 0.3) is 0 Å². The van der Waals surface area contributed by atoms with Gasteiger partial charge in [-0.1, -0.05) is 6.92 Å². The second kappa shape index (κ2) is 7.10. The maximum absolute atomic E-state index is 12.1. The van der Waals surface area contributed by atoms with E-state index in [0.29, 0.717) is 23.9 Å². The highest BCUT2D eigenvalue weighted by atomic mass is 16.2. The molecule has 120 valence electrons. The molecular formula is C17H31N3O. The van der Waals surface area contributed by atoms with Crippen molar-refractivity contribution in [2.75, 3.05) is 32.7 Å². The van der Waals surface area contributed by atoms with Crippen LogP contribution in [-0.4, -0.2) is 60.5 Å². The minimum atomic E-state index is 0.386. The first kappa shape index (κ1) is 15.3. The average molecular weight is 293 g/mol. The van der Waals surface area contributed by atoms with Crippen molar-refractivity contribution in [1.82, 2.24) is 15.1 Å². The first-order chi connectivity index (χ1) is 10.3. The molecule has 4 nitrogen and oxygen atoms in total. The van der Waals surface area contributed by atoms with E-state index in [1.54, 1.807) is 0 Å². The highest BCUT2D eigenvalue weighted by Crippen LogP contribution is 2.32. The molecule has 0 unspecified atom stereocenters. The van der Waals surface area contributed by atoms with E-state index in [-0.39, 0.29) is 0 Å². The van der Waals surface area contributed by atoms with Gasteiger partial charge in [-0.25, -0.2) is 0 Å². The SMILES string of the molecule is CCCN1CCC(NC2CCN(C(=O)C3CC3)CC2)CC1.